The van der Waals surface area contributed by atoms with Gasteiger partial charge in [0.1, 0.15) is 0 Å². The Balaban J connectivity index is 2.46. The molecule has 2 aromatic carbocycles. The van der Waals surface area contributed by atoms with Gasteiger partial charge in [-0.3, -0.25) is 4.72 Å². The van der Waals surface area contributed by atoms with E-state index in [1.54, 1.807) is 13.8 Å². The number of nitrogens with one attached hydrogen (secondary N) is 1. The molecule has 0 atom stereocenters. The van der Waals surface area contributed by atoms with Crippen LogP contribution in [0.15, 0.2) is 35.2 Å². The van der Waals surface area contributed by atoms with Gasteiger partial charge in [0, 0.05) is 5.69 Å². The first-order valence-electron chi connectivity index (χ1n) is 7.07. The molecular weight excluding hydrogens is 314 g/mol. The van der Waals surface area contributed by atoms with Crippen LogP contribution in [0.5, 0.6) is 0 Å². The first-order valence-corrected chi connectivity index (χ1v) is 8.55. The largest absolute Gasteiger partial charge is 0.478 e. The molecule has 5 nitrogen and oxygen atoms in total. The van der Waals surface area contributed by atoms with E-state index >= 15 is 0 Å². The van der Waals surface area contributed by atoms with E-state index in [1.165, 1.54) is 24.3 Å². The standard InChI is InChI=1S/C17H19NO4S/c1-10-9-11(2)13(4)16(12(10)3)23(21,22)18-15-7-5-14(6-8-15)17(19)20/h5-9,18H,1-4H3,(H,19,20). The van der Waals surface area contributed by atoms with E-state index in [0.717, 1.165) is 11.1 Å². The Morgan fingerprint density at radius 1 is 0.957 bits per heavy atom. The van der Waals surface area contributed by atoms with Gasteiger partial charge in [0.25, 0.3) is 10.0 Å². The molecule has 0 saturated carbocycles. The second kappa shape index (κ2) is 6.04. The summed E-state index contributed by atoms with van der Waals surface area (Å²) in [6, 6.07) is 7.57. The summed E-state index contributed by atoms with van der Waals surface area (Å²) >= 11 is 0. The minimum absolute atomic E-state index is 0.103. The van der Waals surface area contributed by atoms with E-state index in [1.807, 2.05) is 19.9 Å². The Kier molecular flexibility index (Phi) is 4.47. The first kappa shape index (κ1) is 17.0. The third kappa shape index (κ3) is 3.37. The highest BCUT2D eigenvalue weighted by Crippen LogP contribution is 2.27. The third-order valence-electron chi connectivity index (χ3n) is 3.95. The lowest BCUT2D eigenvalue weighted by Crippen LogP contribution is -2.17. The van der Waals surface area contributed by atoms with Gasteiger partial charge < -0.3 is 5.11 Å². The summed E-state index contributed by atoms with van der Waals surface area (Å²) in [7, 11) is -3.75. The maximum absolute atomic E-state index is 12.7. The van der Waals surface area contributed by atoms with E-state index in [0.29, 0.717) is 16.8 Å². The molecule has 6 heteroatoms. The molecule has 0 unspecified atom stereocenters. The van der Waals surface area contributed by atoms with Crippen molar-refractivity contribution in [1.82, 2.24) is 0 Å². The van der Waals surface area contributed by atoms with Crippen molar-refractivity contribution in [3.05, 3.63) is 58.1 Å². The van der Waals surface area contributed by atoms with Crippen LogP contribution in [-0.4, -0.2) is 19.5 Å². The van der Waals surface area contributed by atoms with Crippen molar-refractivity contribution in [2.24, 2.45) is 0 Å². The van der Waals surface area contributed by atoms with E-state index < -0.39 is 16.0 Å². The topological polar surface area (TPSA) is 83.5 Å². The number of anilines is 1. The van der Waals surface area contributed by atoms with Crippen molar-refractivity contribution in [3.63, 3.8) is 0 Å². The van der Waals surface area contributed by atoms with Gasteiger partial charge in [-0.1, -0.05) is 6.07 Å². The van der Waals surface area contributed by atoms with Crippen LogP contribution >= 0.6 is 0 Å². The highest BCUT2D eigenvalue weighted by molar-refractivity contribution is 7.92. The highest BCUT2D eigenvalue weighted by Gasteiger charge is 2.22. The first-order chi connectivity index (χ1) is 10.6. The molecule has 2 aromatic rings. The molecule has 0 spiro atoms. The molecule has 0 bridgehead atoms. The number of carboxylic acids is 1. The van der Waals surface area contributed by atoms with E-state index in [9.17, 15) is 13.2 Å². The normalized spacial score (nSPS) is 11.3. The number of hydrogen-bond donors (Lipinski definition) is 2. The number of carbonyl (C=O) groups is 1. The Labute approximate surface area is 136 Å². The molecule has 0 heterocycles. The van der Waals surface area contributed by atoms with Crippen LogP contribution in [0.25, 0.3) is 0 Å². The third-order valence-corrected chi connectivity index (χ3v) is 5.60. The van der Waals surface area contributed by atoms with Crippen molar-refractivity contribution < 1.29 is 18.3 Å². The van der Waals surface area contributed by atoms with Crippen LogP contribution < -0.4 is 4.72 Å². The Morgan fingerprint density at radius 2 is 1.43 bits per heavy atom. The quantitative estimate of drug-likeness (QED) is 0.898. The lowest BCUT2D eigenvalue weighted by molar-refractivity contribution is 0.0697. The van der Waals surface area contributed by atoms with Crippen LogP contribution in [0.2, 0.25) is 0 Å². The summed E-state index contributed by atoms with van der Waals surface area (Å²) in [4.78, 5) is 11.1. The highest BCUT2D eigenvalue weighted by atomic mass is 32.2. The fourth-order valence-corrected chi connectivity index (χ4v) is 4.15. The number of rotatable bonds is 4. The van der Waals surface area contributed by atoms with Crippen LogP contribution in [0.4, 0.5) is 5.69 Å². The Bertz CT molecular complexity index is 842. The number of carboxylic acid groups (broad SMARTS) is 1. The lowest BCUT2D eigenvalue weighted by atomic mass is 10.0. The summed E-state index contributed by atoms with van der Waals surface area (Å²) in [5.41, 5.74) is 3.68. The molecule has 23 heavy (non-hydrogen) atoms. The molecule has 0 aromatic heterocycles. The van der Waals surface area contributed by atoms with Crippen molar-refractivity contribution in [2.75, 3.05) is 4.72 Å². The van der Waals surface area contributed by atoms with Gasteiger partial charge >= 0.3 is 5.97 Å². The second-order valence-corrected chi connectivity index (χ2v) is 7.20. The van der Waals surface area contributed by atoms with E-state index in [4.69, 9.17) is 5.11 Å². The van der Waals surface area contributed by atoms with Gasteiger partial charge in [-0.15, -0.1) is 0 Å². The minimum atomic E-state index is -3.75. The molecule has 0 aliphatic rings. The predicted octanol–water partition coefficient (Wildman–Crippen LogP) is 3.42. The minimum Gasteiger partial charge on any atom is -0.478 e. The van der Waals surface area contributed by atoms with Gasteiger partial charge in [-0.25, -0.2) is 13.2 Å². The van der Waals surface area contributed by atoms with E-state index in [-0.39, 0.29) is 10.5 Å². The molecular formula is C17H19NO4S. The molecule has 0 aliphatic heterocycles. The van der Waals surface area contributed by atoms with Gasteiger partial charge in [-0.2, -0.15) is 0 Å². The number of benzene rings is 2. The van der Waals surface area contributed by atoms with Crippen LogP contribution in [0, 0.1) is 27.7 Å². The predicted molar refractivity (Wildman–Crippen MR) is 89.6 cm³/mol. The molecule has 0 radical (unpaired) electrons. The summed E-state index contributed by atoms with van der Waals surface area (Å²) in [6.07, 6.45) is 0. The van der Waals surface area contributed by atoms with E-state index in [2.05, 4.69) is 4.72 Å². The fourth-order valence-electron chi connectivity index (χ4n) is 2.47. The zero-order chi connectivity index (χ0) is 17.4. The van der Waals surface area contributed by atoms with Crippen LogP contribution in [-0.2, 0) is 10.0 Å². The van der Waals surface area contributed by atoms with Crippen molar-refractivity contribution >= 4 is 21.7 Å². The SMILES string of the molecule is Cc1cc(C)c(C)c(S(=O)(=O)Nc2ccc(C(=O)O)cc2)c1C. The number of hydrogen-bond acceptors (Lipinski definition) is 3. The zero-order valence-corrected chi connectivity index (χ0v) is 14.3. The van der Waals surface area contributed by atoms with Crippen molar-refractivity contribution in [1.29, 1.82) is 0 Å². The van der Waals surface area contributed by atoms with Crippen molar-refractivity contribution in [3.8, 4) is 0 Å². The van der Waals surface area contributed by atoms with Crippen LogP contribution in [0.3, 0.4) is 0 Å². The second-order valence-electron chi connectivity index (χ2n) is 5.58. The molecule has 0 amide bonds. The maximum atomic E-state index is 12.7. The van der Waals surface area contributed by atoms with Crippen LogP contribution in [0.1, 0.15) is 32.6 Å². The zero-order valence-electron chi connectivity index (χ0n) is 13.5. The molecule has 122 valence electrons. The molecule has 2 rings (SSSR count). The smallest absolute Gasteiger partial charge is 0.335 e. The average Bonchev–Trinajstić information content (AvgIpc) is 2.45. The van der Waals surface area contributed by atoms with Gasteiger partial charge in [0.05, 0.1) is 10.5 Å². The molecule has 0 saturated heterocycles. The summed E-state index contributed by atoms with van der Waals surface area (Å²) in [5, 5.41) is 8.88. The fraction of sp³-hybridized carbons (Fsp3) is 0.235. The van der Waals surface area contributed by atoms with Gasteiger partial charge in [0.15, 0.2) is 0 Å². The number of aromatic carboxylic acids is 1. The van der Waals surface area contributed by atoms with Gasteiger partial charge in [0.2, 0.25) is 0 Å². The molecule has 2 N–H and O–H groups in total. The van der Waals surface area contributed by atoms with Gasteiger partial charge in [-0.05, 0) is 74.2 Å². The van der Waals surface area contributed by atoms with Crippen molar-refractivity contribution in [2.45, 2.75) is 32.6 Å². The molecule has 0 aliphatic carbocycles. The molecule has 0 fully saturated rings. The summed E-state index contributed by atoms with van der Waals surface area (Å²) in [5.74, 6) is -1.06. The Morgan fingerprint density at radius 3 is 1.87 bits per heavy atom. The maximum Gasteiger partial charge on any atom is 0.335 e. The average molecular weight is 333 g/mol. The lowest BCUT2D eigenvalue weighted by Gasteiger charge is -2.16. The number of sulfonamides is 1. The summed E-state index contributed by atoms with van der Waals surface area (Å²) < 4.78 is 28.0. The number of aryl methyl sites for hydroxylation is 2. The summed E-state index contributed by atoms with van der Waals surface area (Å²) in [6.45, 7) is 7.32. The Hall–Kier alpha value is -2.34. The monoisotopic (exact) mass is 333 g/mol.